The molecular weight excluding hydrogens is 310 g/mol. The van der Waals surface area contributed by atoms with Crippen molar-refractivity contribution in [1.82, 2.24) is 0 Å². The van der Waals surface area contributed by atoms with Crippen LogP contribution in [0.3, 0.4) is 0 Å². The summed E-state index contributed by atoms with van der Waals surface area (Å²) in [5.74, 6) is -0.297. The Morgan fingerprint density at radius 3 is 2.79 bits per heavy atom. The highest BCUT2D eigenvalue weighted by atomic mass is 79.9. The molecule has 0 aromatic heterocycles. The van der Waals surface area contributed by atoms with E-state index in [1.54, 1.807) is 19.1 Å². The Hall–Kier alpha value is -1.07. The summed E-state index contributed by atoms with van der Waals surface area (Å²) in [6.45, 7) is 6.80. The van der Waals surface area contributed by atoms with E-state index in [1.165, 1.54) is 0 Å². The topological polar surface area (TPSA) is 47.6 Å². The van der Waals surface area contributed by atoms with E-state index in [-0.39, 0.29) is 11.4 Å². The fourth-order valence-corrected chi connectivity index (χ4v) is 2.38. The molecule has 1 heterocycles. The number of hydrogen-bond donors (Lipinski definition) is 1. The third kappa shape index (κ3) is 3.48. The van der Waals surface area contributed by atoms with Crippen molar-refractivity contribution in [1.29, 1.82) is 0 Å². The summed E-state index contributed by atoms with van der Waals surface area (Å²) < 4.78 is 11.1. The first-order chi connectivity index (χ1) is 9.04. The molecule has 1 N–H and O–H groups in total. The number of anilines is 1. The SMILES string of the molecule is CCOC(=O)c1ccc(NCC2(C)COC2)c(Br)c1. The maximum Gasteiger partial charge on any atom is 0.338 e. The van der Waals surface area contributed by atoms with Crippen LogP contribution in [0.4, 0.5) is 5.69 Å². The Kier molecular flexibility index (Phi) is 4.47. The fourth-order valence-electron chi connectivity index (χ4n) is 1.86. The van der Waals surface area contributed by atoms with Gasteiger partial charge in [0, 0.05) is 22.1 Å². The van der Waals surface area contributed by atoms with Gasteiger partial charge < -0.3 is 14.8 Å². The minimum atomic E-state index is -0.297. The number of halogens is 1. The average Bonchev–Trinajstić information content (AvgIpc) is 2.35. The summed E-state index contributed by atoms with van der Waals surface area (Å²) in [6, 6.07) is 5.43. The van der Waals surface area contributed by atoms with E-state index >= 15 is 0 Å². The van der Waals surface area contributed by atoms with E-state index in [0.29, 0.717) is 12.2 Å². The van der Waals surface area contributed by atoms with Gasteiger partial charge in [0.1, 0.15) is 0 Å². The zero-order valence-corrected chi connectivity index (χ0v) is 12.7. The largest absolute Gasteiger partial charge is 0.462 e. The van der Waals surface area contributed by atoms with Gasteiger partial charge >= 0.3 is 5.97 Å². The van der Waals surface area contributed by atoms with Crippen LogP contribution in [0.25, 0.3) is 0 Å². The van der Waals surface area contributed by atoms with Gasteiger partial charge in [-0.2, -0.15) is 0 Å². The lowest BCUT2D eigenvalue weighted by Crippen LogP contribution is -2.45. The zero-order valence-electron chi connectivity index (χ0n) is 11.2. The van der Waals surface area contributed by atoms with Gasteiger partial charge in [-0.1, -0.05) is 6.92 Å². The molecule has 5 heteroatoms. The van der Waals surface area contributed by atoms with Gasteiger partial charge in [-0.15, -0.1) is 0 Å². The molecule has 0 amide bonds. The number of esters is 1. The first-order valence-electron chi connectivity index (χ1n) is 6.32. The van der Waals surface area contributed by atoms with Crippen LogP contribution in [0, 0.1) is 5.41 Å². The molecule has 0 spiro atoms. The van der Waals surface area contributed by atoms with Crippen LogP contribution in [0.5, 0.6) is 0 Å². The number of carbonyl (C=O) groups is 1. The quantitative estimate of drug-likeness (QED) is 0.844. The molecule has 1 saturated heterocycles. The normalized spacial score (nSPS) is 16.6. The molecule has 1 fully saturated rings. The molecule has 1 aliphatic rings. The van der Waals surface area contributed by atoms with Crippen LogP contribution >= 0.6 is 15.9 Å². The Morgan fingerprint density at radius 2 is 2.26 bits per heavy atom. The molecule has 0 saturated carbocycles. The highest BCUT2D eigenvalue weighted by Gasteiger charge is 2.33. The van der Waals surface area contributed by atoms with Crippen molar-refractivity contribution in [3.63, 3.8) is 0 Å². The van der Waals surface area contributed by atoms with E-state index in [9.17, 15) is 4.79 Å². The molecule has 19 heavy (non-hydrogen) atoms. The van der Waals surface area contributed by atoms with Crippen molar-refractivity contribution in [2.45, 2.75) is 13.8 Å². The van der Waals surface area contributed by atoms with Crippen LogP contribution in [0.1, 0.15) is 24.2 Å². The Balaban J connectivity index is 2.00. The summed E-state index contributed by atoms with van der Waals surface area (Å²) in [5, 5.41) is 3.37. The van der Waals surface area contributed by atoms with Crippen molar-refractivity contribution in [2.75, 3.05) is 31.7 Å². The summed E-state index contributed by atoms with van der Waals surface area (Å²) in [7, 11) is 0. The Morgan fingerprint density at radius 1 is 1.53 bits per heavy atom. The van der Waals surface area contributed by atoms with Crippen molar-refractivity contribution in [3.8, 4) is 0 Å². The van der Waals surface area contributed by atoms with Crippen LogP contribution < -0.4 is 5.32 Å². The zero-order chi connectivity index (χ0) is 13.9. The van der Waals surface area contributed by atoms with E-state index in [1.807, 2.05) is 6.07 Å². The maximum absolute atomic E-state index is 11.6. The van der Waals surface area contributed by atoms with E-state index < -0.39 is 0 Å². The maximum atomic E-state index is 11.6. The first kappa shape index (κ1) is 14.3. The molecule has 0 bridgehead atoms. The van der Waals surface area contributed by atoms with Crippen molar-refractivity contribution in [2.24, 2.45) is 5.41 Å². The van der Waals surface area contributed by atoms with Gasteiger partial charge in [0.15, 0.2) is 0 Å². The molecule has 0 radical (unpaired) electrons. The Labute approximate surface area is 121 Å². The number of ether oxygens (including phenoxy) is 2. The summed E-state index contributed by atoms with van der Waals surface area (Å²) in [4.78, 5) is 11.6. The van der Waals surface area contributed by atoms with Gasteiger partial charge in [0.2, 0.25) is 0 Å². The van der Waals surface area contributed by atoms with Crippen molar-refractivity contribution in [3.05, 3.63) is 28.2 Å². The molecule has 1 aromatic carbocycles. The lowest BCUT2D eigenvalue weighted by molar-refractivity contribution is -0.0924. The van der Waals surface area contributed by atoms with Crippen LogP contribution in [-0.2, 0) is 9.47 Å². The van der Waals surface area contributed by atoms with Gasteiger partial charge in [0.05, 0.1) is 25.4 Å². The predicted molar refractivity (Wildman–Crippen MR) is 77.5 cm³/mol. The average molecular weight is 328 g/mol. The molecule has 2 rings (SSSR count). The van der Waals surface area contributed by atoms with E-state index in [2.05, 4.69) is 28.2 Å². The molecule has 104 valence electrons. The molecule has 0 aliphatic carbocycles. The van der Waals surface area contributed by atoms with Crippen molar-refractivity contribution >= 4 is 27.6 Å². The Bertz CT molecular complexity index is 472. The lowest BCUT2D eigenvalue weighted by atomic mass is 9.89. The second-order valence-electron chi connectivity index (χ2n) is 5.07. The number of rotatable bonds is 5. The highest BCUT2D eigenvalue weighted by Crippen LogP contribution is 2.29. The first-order valence-corrected chi connectivity index (χ1v) is 7.12. The number of nitrogens with one attached hydrogen (secondary N) is 1. The van der Waals surface area contributed by atoms with Gasteiger partial charge in [0.25, 0.3) is 0 Å². The van der Waals surface area contributed by atoms with Crippen LogP contribution in [0.15, 0.2) is 22.7 Å². The van der Waals surface area contributed by atoms with E-state index in [0.717, 1.165) is 29.9 Å². The second-order valence-corrected chi connectivity index (χ2v) is 5.93. The predicted octanol–water partition coefficient (Wildman–Crippen LogP) is 3.07. The smallest absolute Gasteiger partial charge is 0.338 e. The summed E-state index contributed by atoms with van der Waals surface area (Å²) in [5.41, 5.74) is 1.73. The fraction of sp³-hybridized carbons (Fsp3) is 0.500. The monoisotopic (exact) mass is 327 g/mol. The van der Waals surface area contributed by atoms with Crippen molar-refractivity contribution < 1.29 is 14.3 Å². The van der Waals surface area contributed by atoms with Crippen LogP contribution in [0.2, 0.25) is 0 Å². The molecule has 1 aromatic rings. The van der Waals surface area contributed by atoms with Crippen LogP contribution in [-0.4, -0.2) is 32.3 Å². The minimum Gasteiger partial charge on any atom is -0.462 e. The molecule has 0 atom stereocenters. The molecule has 4 nitrogen and oxygen atoms in total. The van der Waals surface area contributed by atoms with E-state index in [4.69, 9.17) is 9.47 Å². The molecule has 1 aliphatic heterocycles. The molecule has 0 unspecified atom stereocenters. The summed E-state index contributed by atoms with van der Waals surface area (Å²) in [6.07, 6.45) is 0. The number of carbonyl (C=O) groups excluding carboxylic acids is 1. The third-order valence-corrected chi connectivity index (χ3v) is 3.74. The molecular formula is C14H18BrNO3. The van der Waals surface area contributed by atoms with Gasteiger partial charge in [-0.05, 0) is 41.1 Å². The second kappa shape index (κ2) is 5.92. The standard InChI is InChI=1S/C14H18BrNO3/c1-3-19-13(17)10-4-5-12(11(15)6-10)16-7-14(2)8-18-9-14/h4-6,16H,3,7-9H2,1-2H3. The lowest BCUT2D eigenvalue weighted by Gasteiger charge is -2.38. The summed E-state index contributed by atoms with van der Waals surface area (Å²) >= 11 is 3.47. The van der Waals surface area contributed by atoms with Gasteiger partial charge in [-0.3, -0.25) is 0 Å². The highest BCUT2D eigenvalue weighted by molar-refractivity contribution is 9.10. The number of hydrogen-bond acceptors (Lipinski definition) is 4. The third-order valence-electron chi connectivity index (χ3n) is 3.09. The minimum absolute atomic E-state index is 0.208. The van der Waals surface area contributed by atoms with Gasteiger partial charge in [-0.25, -0.2) is 4.79 Å². The number of benzene rings is 1.